The summed E-state index contributed by atoms with van der Waals surface area (Å²) in [5.41, 5.74) is 1.23. The molecule has 10 heteroatoms. The highest BCUT2D eigenvalue weighted by atomic mass is 32.1. The number of thiophene rings is 1. The minimum Gasteiger partial charge on any atom is -0.494 e. The fourth-order valence-electron chi connectivity index (χ4n) is 4.82. The van der Waals surface area contributed by atoms with Crippen LogP contribution in [0.15, 0.2) is 29.2 Å². The van der Waals surface area contributed by atoms with Gasteiger partial charge in [0.1, 0.15) is 17.3 Å². The van der Waals surface area contributed by atoms with Gasteiger partial charge in [-0.25, -0.2) is 9.59 Å². The third kappa shape index (κ3) is 4.78. The van der Waals surface area contributed by atoms with E-state index in [0.717, 1.165) is 33.7 Å². The molecule has 1 aliphatic carbocycles. The van der Waals surface area contributed by atoms with Gasteiger partial charge in [-0.3, -0.25) is 4.79 Å². The average molecular weight is 541 g/mol. The largest absolute Gasteiger partial charge is 0.494 e. The zero-order valence-corrected chi connectivity index (χ0v) is 23.0. The molecule has 9 nitrogen and oxygen atoms in total. The zero-order valence-electron chi connectivity index (χ0n) is 22.2. The van der Waals surface area contributed by atoms with E-state index < -0.39 is 29.2 Å². The first-order chi connectivity index (χ1) is 18.0. The van der Waals surface area contributed by atoms with E-state index in [1.165, 1.54) is 16.2 Å². The predicted molar refractivity (Wildman–Crippen MR) is 144 cm³/mol. The second-order valence-corrected chi connectivity index (χ2v) is 11.7. The molecule has 0 radical (unpaired) electrons. The second-order valence-electron chi connectivity index (χ2n) is 10.7. The van der Waals surface area contributed by atoms with Gasteiger partial charge in [0.05, 0.1) is 37.7 Å². The first-order valence-corrected chi connectivity index (χ1v) is 13.6. The lowest BCUT2D eigenvalue weighted by Gasteiger charge is -2.32. The van der Waals surface area contributed by atoms with Crippen LogP contribution in [0.5, 0.6) is 5.75 Å². The fourth-order valence-corrected chi connectivity index (χ4v) is 6.00. The van der Waals surface area contributed by atoms with E-state index >= 15 is 0 Å². The van der Waals surface area contributed by atoms with Crippen molar-refractivity contribution in [3.05, 3.63) is 50.6 Å². The number of carbonyl (C=O) groups excluding carboxylic acids is 2. The Balaban J connectivity index is 1.59. The molecule has 202 valence electrons. The molecular weight excluding hydrogens is 508 g/mol. The minimum atomic E-state index is -0.840. The van der Waals surface area contributed by atoms with Crippen LogP contribution in [0, 0.1) is 0 Å². The van der Waals surface area contributed by atoms with Crippen LogP contribution in [0.3, 0.4) is 0 Å². The smallest absolute Gasteiger partial charge is 0.410 e. The van der Waals surface area contributed by atoms with Crippen molar-refractivity contribution < 1.29 is 28.9 Å². The Hall–Kier alpha value is -3.37. The molecule has 2 aliphatic rings. The molecule has 1 amide bonds. The van der Waals surface area contributed by atoms with Gasteiger partial charge in [-0.05, 0) is 64.3 Å². The first kappa shape index (κ1) is 26.2. The van der Waals surface area contributed by atoms with Crippen LogP contribution in [0.1, 0.15) is 73.5 Å². The Bertz CT molecular complexity index is 1480. The summed E-state index contributed by atoms with van der Waals surface area (Å²) < 4.78 is 18.5. The number of pyridine rings is 1. The average Bonchev–Trinajstić information content (AvgIpc) is 3.60. The molecule has 0 saturated heterocycles. The van der Waals surface area contributed by atoms with Gasteiger partial charge >= 0.3 is 12.1 Å². The molecule has 0 spiro atoms. The van der Waals surface area contributed by atoms with Gasteiger partial charge in [-0.2, -0.15) is 0 Å². The minimum absolute atomic E-state index is 0.0120. The van der Waals surface area contributed by atoms with Crippen LogP contribution in [-0.2, 0) is 16.0 Å². The van der Waals surface area contributed by atoms with Crippen molar-refractivity contribution in [2.75, 3.05) is 20.3 Å². The van der Waals surface area contributed by atoms with E-state index in [9.17, 15) is 19.5 Å². The summed E-state index contributed by atoms with van der Waals surface area (Å²) in [6.45, 7) is 7.78. The number of aliphatic hydroxyl groups excluding tert-OH is 1. The number of fused-ring (bicyclic) bond motifs is 2. The Labute approximate surface area is 224 Å². The molecule has 38 heavy (non-hydrogen) atoms. The Morgan fingerprint density at radius 1 is 1.21 bits per heavy atom. The summed E-state index contributed by atoms with van der Waals surface area (Å²) >= 11 is 1.44. The Morgan fingerprint density at radius 3 is 2.58 bits per heavy atom. The molecule has 2 aromatic heterocycles. The summed E-state index contributed by atoms with van der Waals surface area (Å²) in [5, 5.41) is 11.3. The van der Waals surface area contributed by atoms with E-state index in [1.54, 1.807) is 26.3 Å². The molecule has 1 aromatic carbocycles. The van der Waals surface area contributed by atoms with Gasteiger partial charge in [0, 0.05) is 27.6 Å². The number of hydrogen-bond donors (Lipinski definition) is 1. The monoisotopic (exact) mass is 540 g/mol. The first-order valence-electron chi connectivity index (χ1n) is 12.7. The number of methoxy groups -OCH3 is 1. The number of amides is 1. The second kappa shape index (κ2) is 9.74. The van der Waals surface area contributed by atoms with Crippen molar-refractivity contribution in [3.8, 4) is 16.2 Å². The number of aromatic nitrogens is 1. The maximum absolute atomic E-state index is 13.3. The number of nitrogens with zero attached hydrogens (tertiary/aromatic N) is 2. The highest BCUT2D eigenvalue weighted by Gasteiger charge is 2.33. The van der Waals surface area contributed by atoms with Crippen molar-refractivity contribution in [2.24, 2.45) is 0 Å². The summed E-state index contributed by atoms with van der Waals surface area (Å²) in [5.74, 6) is -0.106. The van der Waals surface area contributed by atoms with Crippen molar-refractivity contribution in [2.45, 2.75) is 64.8 Å². The lowest BCUT2D eigenvalue weighted by Crippen LogP contribution is -2.41. The lowest BCUT2D eigenvalue weighted by molar-refractivity contribution is 0.00891. The molecule has 1 fully saturated rings. The molecule has 5 rings (SSSR count). The van der Waals surface area contributed by atoms with Gasteiger partial charge in [0.25, 0.3) is 0 Å². The number of β-amino-alcohol motifs (C(OH)–C–C–N with tert-alkyl or cyclic N) is 1. The molecule has 1 saturated carbocycles. The van der Waals surface area contributed by atoms with E-state index in [1.807, 2.05) is 37.5 Å². The topological polar surface area (TPSA) is 107 Å². The maximum Gasteiger partial charge on any atom is 0.410 e. The van der Waals surface area contributed by atoms with Gasteiger partial charge < -0.3 is 28.8 Å². The van der Waals surface area contributed by atoms with Crippen molar-refractivity contribution in [3.63, 3.8) is 0 Å². The van der Waals surface area contributed by atoms with E-state index in [0.29, 0.717) is 23.2 Å². The normalized spacial score (nSPS) is 17.3. The molecule has 0 bridgehead atoms. The van der Waals surface area contributed by atoms with Crippen molar-refractivity contribution >= 4 is 34.3 Å². The molecule has 1 aliphatic heterocycles. The zero-order chi connectivity index (χ0) is 27.4. The van der Waals surface area contributed by atoms with Gasteiger partial charge in [0.2, 0.25) is 5.43 Å². The molecule has 3 heterocycles. The molecule has 1 N–H and O–H groups in total. The van der Waals surface area contributed by atoms with Crippen LogP contribution in [0.4, 0.5) is 4.79 Å². The van der Waals surface area contributed by atoms with Gasteiger partial charge in [0.15, 0.2) is 5.75 Å². The molecule has 1 unspecified atom stereocenters. The highest BCUT2D eigenvalue weighted by Crippen LogP contribution is 2.46. The van der Waals surface area contributed by atoms with Crippen LogP contribution in [0.25, 0.3) is 21.3 Å². The molecular formula is C28H32N2O7S. The standard InChI is InChI=1S/C28H32N2O7S/c1-6-36-26(33)19-13-30(16-7-8-16)22-18(23(19)32)10-9-17(24(22)35-5)21-11-15-12-29(14-20(31)25(15)38-21)27(34)37-28(2,3)4/h9-11,13,16,20,31H,6-8,12,14H2,1-5H3. The van der Waals surface area contributed by atoms with Crippen LogP contribution >= 0.6 is 11.3 Å². The Morgan fingerprint density at radius 2 is 1.95 bits per heavy atom. The predicted octanol–water partition coefficient (Wildman–Crippen LogP) is 5.03. The number of ether oxygens (including phenoxy) is 3. The third-order valence-corrected chi connectivity index (χ3v) is 7.91. The van der Waals surface area contributed by atoms with Crippen molar-refractivity contribution in [1.29, 1.82) is 0 Å². The van der Waals surface area contributed by atoms with Gasteiger partial charge in [-0.15, -0.1) is 11.3 Å². The Kier molecular flexibility index (Phi) is 6.73. The summed E-state index contributed by atoms with van der Waals surface area (Å²) in [6.07, 6.45) is 2.16. The van der Waals surface area contributed by atoms with Crippen LogP contribution < -0.4 is 10.2 Å². The number of aliphatic hydroxyl groups is 1. The quantitative estimate of drug-likeness (QED) is 0.452. The molecule has 3 aromatic rings. The van der Waals surface area contributed by atoms with E-state index in [-0.39, 0.29) is 24.8 Å². The maximum atomic E-state index is 13.3. The summed E-state index contributed by atoms with van der Waals surface area (Å²) in [7, 11) is 1.56. The van der Waals surface area contributed by atoms with E-state index in [2.05, 4.69) is 0 Å². The SMILES string of the molecule is CCOC(=O)c1cn(C2CC2)c2c(OC)c(-c3cc4c(s3)C(O)CN(C(=O)OC(C)(C)C)C4)ccc2c1=O. The van der Waals surface area contributed by atoms with Crippen LogP contribution in [0.2, 0.25) is 0 Å². The number of esters is 1. The number of carbonyl (C=O) groups is 2. The number of hydrogen-bond acceptors (Lipinski definition) is 8. The van der Waals surface area contributed by atoms with Crippen LogP contribution in [-0.4, -0.2) is 52.5 Å². The molecule has 1 atom stereocenters. The third-order valence-electron chi connectivity index (χ3n) is 6.60. The van der Waals surface area contributed by atoms with E-state index in [4.69, 9.17) is 14.2 Å². The fraction of sp³-hybridized carbons (Fsp3) is 0.464. The summed E-state index contributed by atoms with van der Waals surface area (Å²) in [4.78, 5) is 41.6. The van der Waals surface area contributed by atoms with Crippen molar-refractivity contribution in [1.82, 2.24) is 9.47 Å². The summed E-state index contributed by atoms with van der Waals surface area (Å²) in [6, 6.07) is 5.65. The van der Waals surface area contributed by atoms with Gasteiger partial charge in [-0.1, -0.05) is 0 Å². The highest BCUT2D eigenvalue weighted by molar-refractivity contribution is 7.15. The lowest BCUT2D eigenvalue weighted by atomic mass is 10.0. The number of benzene rings is 1. The number of rotatable bonds is 5.